The minimum absolute atomic E-state index is 0.149. The number of phenols is 1. The van der Waals surface area contributed by atoms with Gasteiger partial charge >= 0.3 is 6.18 Å². The lowest BCUT2D eigenvalue weighted by Gasteiger charge is -2.10. The predicted octanol–water partition coefficient (Wildman–Crippen LogP) is 3.06. The Hall–Kier alpha value is -3.87. The highest BCUT2D eigenvalue weighted by molar-refractivity contribution is 5.76. The Kier molecular flexibility index (Phi) is 6.55. The molecule has 0 aliphatic carbocycles. The Morgan fingerprint density at radius 3 is 2.58 bits per heavy atom. The summed E-state index contributed by atoms with van der Waals surface area (Å²) in [5.74, 6) is 5.00. The molecule has 3 aromatic rings. The lowest BCUT2D eigenvalue weighted by Crippen LogP contribution is -2.22. The third-order valence-corrected chi connectivity index (χ3v) is 4.34. The molecule has 0 aliphatic heterocycles. The molecule has 1 aromatic heterocycles. The first kappa shape index (κ1) is 21.8. The van der Waals surface area contributed by atoms with Crippen molar-refractivity contribution in [2.45, 2.75) is 25.9 Å². The van der Waals surface area contributed by atoms with Crippen molar-refractivity contribution in [1.82, 2.24) is 25.9 Å². The maximum Gasteiger partial charge on any atom is 0.417 e. The lowest BCUT2D eigenvalue weighted by atomic mass is 9.98. The predicted molar refractivity (Wildman–Crippen MR) is 106 cm³/mol. The van der Waals surface area contributed by atoms with Gasteiger partial charge in [0.05, 0.1) is 5.56 Å². The fourth-order valence-electron chi connectivity index (χ4n) is 2.89. The first-order valence-electron chi connectivity index (χ1n) is 9.33. The minimum Gasteiger partial charge on any atom is -0.508 e. The van der Waals surface area contributed by atoms with E-state index in [4.69, 9.17) is 0 Å². The first-order valence-corrected chi connectivity index (χ1v) is 9.33. The highest BCUT2D eigenvalue weighted by atomic mass is 19.4. The number of alkyl halides is 3. The molecular formula is C21H18F3N5O2. The maximum atomic E-state index is 13.3. The summed E-state index contributed by atoms with van der Waals surface area (Å²) in [6.45, 7) is 2.30. The van der Waals surface area contributed by atoms with Crippen LogP contribution in [0.3, 0.4) is 0 Å². The summed E-state index contributed by atoms with van der Waals surface area (Å²) >= 11 is 0. The van der Waals surface area contributed by atoms with Crippen LogP contribution < -0.4 is 5.32 Å². The molecule has 7 nitrogen and oxygen atoms in total. The van der Waals surface area contributed by atoms with Crippen LogP contribution in [0.25, 0.3) is 11.4 Å². The van der Waals surface area contributed by atoms with Gasteiger partial charge in [0.25, 0.3) is 0 Å². The fourth-order valence-corrected chi connectivity index (χ4v) is 2.89. The van der Waals surface area contributed by atoms with Crippen molar-refractivity contribution in [3.8, 4) is 29.0 Å². The number of hydrogen-bond acceptors (Lipinski definition) is 5. The molecule has 0 unspecified atom stereocenters. The van der Waals surface area contributed by atoms with Crippen molar-refractivity contribution < 1.29 is 23.1 Å². The number of aromatic amines is 1. The normalized spacial score (nSPS) is 11.0. The maximum absolute atomic E-state index is 13.3. The number of H-pyrrole nitrogens is 1. The van der Waals surface area contributed by atoms with Gasteiger partial charge in [0.1, 0.15) is 5.75 Å². The third kappa shape index (κ3) is 5.60. The van der Waals surface area contributed by atoms with Crippen molar-refractivity contribution in [1.29, 1.82) is 0 Å². The Labute approximate surface area is 175 Å². The number of aromatic hydroxyl groups is 1. The van der Waals surface area contributed by atoms with Gasteiger partial charge in [0.2, 0.25) is 11.7 Å². The SMILES string of the molecule is CCNC(=O)CCc1cc(-c2nn[nH]n2)ccc1C#Cc1ccc(O)cc1C(F)(F)F. The molecule has 3 rings (SSSR count). The molecule has 10 heteroatoms. The largest absolute Gasteiger partial charge is 0.508 e. The average molecular weight is 429 g/mol. The molecule has 0 saturated heterocycles. The molecule has 0 saturated carbocycles. The second-order valence-electron chi connectivity index (χ2n) is 6.54. The molecule has 1 amide bonds. The van der Waals surface area contributed by atoms with E-state index in [9.17, 15) is 23.1 Å². The molecular weight excluding hydrogens is 411 g/mol. The van der Waals surface area contributed by atoms with Gasteiger partial charge in [-0.2, -0.15) is 18.4 Å². The highest BCUT2D eigenvalue weighted by Crippen LogP contribution is 2.34. The molecule has 31 heavy (non-hydrogen) atoms. The zero-order valence-corrected chi connectivity index (χ0v) is 16.4. The minimum atomic E-state index is -4.66. The molecule has 160 valence electrons. The van der Waals surface area contributed by atoms with Gasteiger partial charge in [-0.15, -0.1) is 10.2 Å². The van der Waals surface area contributed by atoms with Gasteiger partial charge < -0.3 is 10.4 Å². The van der Waals surface area contributed by atoms with Gasteiger partial charge in [-0.1, -0.05) is 11.8 Å². The van der Waals surface area contributed by atoms with E-state index in [1.807, 2.05) is 6.92 Å². The van der Waals surface area contributed by atoms with Gasteiger partial charge in [0, 0.05) is 29.7 Å². The Bertz CT molecular complexity index is 1130. The molecule has 3 N–H and O–H groups in total. The van der Waals surface area contributed by atoms with Gasteiger partial charge in [-0.25, -0.2) is 0 Å². The summed E-state index contributed by atoms with van der Waals surface area (Å²) < 4.78 is 39.8. The van der Waals surface area contributed by atoms with E-state index in [0.29, 0.717) is 41.5 Å². The second kappa shape index (κ2) is 9.30. The summed E-state index contributed by atoms with van der Waals surface area (Å²) in [5.41, 5.74) is 0.478. The number of carbonyl (C=O) groups is 1. The number of aromatic nitrogens is 4. The number of nitrogens with one attached hydrogen (secondary N) is 2. The van der Waals surface area contributed by atoms with E-state index in [2.05, 4.69) is 37.8 Å². The number of amides is 1. The molecule has 1 heterocycles. The second-order valence-corrected chi connectivity index (χ2v) is 6.54. The van der Waals surface area contributed by atoms with Gasteiger partial charge in [-0.05, 0) is 60.5 Å². The van der Waals surface area contributed by atoms with Crippen LogP contribution in [0, 0.1) is 11.8 Å². The monoisotopic (exact) mass is 429 g/mol. The molecule has 2 aromatic carbocycles. The number of hydrogen-bond donors (Lipinski definition) is 3. The summed E-state index contributed by atoms with van der Waals surface area (Å²) in [4.78, 5) is 11.9. The van der Waals surface area contributed by atoms with Gasteiger partial charge in [-0.3, -0.25) is 4.79 Å². The number of carbonyl (C=O) groups excluding carboxylic acids is 1. The van der Waals surface area contributed by atoms with Crippen LogP contribution in [0.1, 0.15) is 35.6 Å². The van der Waals surface area contributed by atoms with Crippen molar-refractivity contribution >= 4 is 5.91 Å². The zero-order valence-electron chi connectivity index (χ0n) is 16.4. The van der Waals surface area contributed by atoms with Crippen LogP contribution in [0.15, 0.2) is 36.4 Å². The van der Waals surface area contributed by atoms with E-state index in [1.165, 1.54) is 0 Å². The smallest absolute Gasteiger partial charge is 0.417 e. The summed E-state index contributed by atoms with van der Waals surface area (Å²) in [5, 5.41) is 25.8. The van der Waals surface area contributed by atoms with E-state index in [1.54, 1.807) is 18.2 Å². The van der Waals surface area contributed by atoms with E-state index < -0.39 is 17.5 Å². The topological polar surface area (TPSA) is 104 Å². The van der Waals surface area contributed by atoms with Crippen LogP contribution >= 0.6 is 0 Å². The highest BCUT2D eigenvalue weighted by Gasteiger charge is 2.33. The van der Waals surface area contributed by atoms with E-state index in [0.717, 1.165) is 12.1 Å². The summed E-state index contributed by atoms with van der Waals surface area (Å²) in [6, 6.07) is 7.95. The number of phenolic OH excluding ortho intramolecular Hbond substituents is 1. The van der Waals surface area contributed by atoms with Crippen molar-refractivity contribution in [3.63, 3.8) is 0 Å². The van der Waals surface area contributed by atoms with Crippen molar-refractivity contribution in [2.75, 3.05) is 6.54 Å². The van der Waals surface area contributed by atoms with Gasteiger partial charge in [0.15, 0.2) is 0 Å². The molecule has 0 bridgehead atoms. The van der Waals surface area contributed by atoms with Crippen molar-refractivity contribution in [3.05, 3.63) is 58.7 Å². The average Bonchev–Trinajstić information content (AvgIpc) is 3.26. The quantitative estimate of drug-likeness (QED) is 0.541. The van der Waals surface area contributed by atoms with E-state index >= 15 is 0 Å². The number of aryl methyl sites for hydroxylation is 1. The van der Waals surface area contributed by atoms with E-state index in [-0.39, 0.29) is 17.9 Å². The number of halogens is 3. The number of benzene rings is 2. The number of rotatable bonds is 5. The third-order valence-electron chi connectivity index (χ3n) is 4.34. The Morgan fingerprint density at radius 1 is 1.16 bits per heavy atom. The molecule has 0 fully saturated rings. The molecule has 0 atom stereocenters. The molecule has 0 radical (unpaired) electrons. The van der Waals surface area contributed by atoms with Crippen LogP contribution in [-0.4, -0.2) is 38.2 Å². The molecule has 0 spiro atoms. The zero-order chi connectivity index (χ0) is 22.4. The lowest BCUT2D eigenvalue weighted by molar-refractivity contribution is -0.137. The number of tetrazole rings is 1. The summed E-state index contributed by atoms with van der Waals surface area (Å²) in [6.07, 6.45) is -4.15. The summed E-state index contributed by atoms with van der Waals surface area (Å²) in [7, 11) is 0. The number of nitrogens with zero attached hydrogens (tertiary/aromatic N) is 3. The fraction of sp³-hybridized carbons (Fsp3) is 0.238. The van der Waals surface area contributed by atoms with Crippen molar-refractivity contribution in [2.24, 2.45) is 0 Å². The molecule has 0 aliphatic rings. The van der Waals surface area contributed by atoms with Crippen LogP contribution in [0.4, 0.5) is 13.2 Å². The van der Waals surface area contributed by atoms with Crippen LogP contribution in [0.5, 0.6) is 5.75 Å². The standard InChI is InChI=1S/C21H18F3N5O2/c1-2-25-19(31)10-8-15-11-16(20-26-28-29-27-20)6-4-13(15)3-5-14-7-9-17(30)12-18(14)21(22,23)24/h4,6-7,9,11-12,30H,2,8,10H2,1H3,(H,25,31)(H,26,27,28,29). The Balaban J connectivity index is 1.99. The van der Waals surface area contributed by atoms with Crippen LogP contribution in [0.2, 0.25) is 0 Å². The van der Waals surface area contributed by atoms with Crippen LogP contribution in [-0.2, 0) is 17.4 Å². The first-order chi connectivity index (χ1) is 14.8. The Morgan fingerprint density at radius 2 is 1.90 bits per heavy atom.